The molecule has 0 aromatic carbocycles. The van der Waals surface area contributed by atoms with Gasteiger partial charge in [-0.25, -0.2) is 4.98 Å². The molecule has 2 heterocycles. The third-order valence-electron chi connectivity index (χ3n) is 2.96. The third kappa shape index (κ3) is 3.20. The van der Waals surface area contributed by atoms with Crippen LogP contribution in [0.25, 0.3) is 0 Å². The Balaban J connectivity index is 2.04. The molecular weight excluding hydrogens is 230 g/mol. The van der Waals surface area contributed by atoms with E-state index >= 15 is 0 Å². The first-order valence-electron chi connectivity index (χ1n) is 6.35. The molecule has 1 aliphatic rings. The molecule has 1 aromatic heterocycles. The second kappa shape index (κ2) is 5.82. The lowest BCUT2D eigenvalue weighted by atomic mass is 10.3. The minimum Gasteiger partial charge on any atom is -0.392 e. The van der Waals surface area contributed by atoms with Crippen LogP contribution in [0.2, 0.25) is 0 Å². The molecule has 0 saturated carbocycles. The van der Waals surface area contributed by atoms with Crippen molar-refractivity contribution in [2.45, 2.75) is 25.9 Å². The van der Waals surface area contributed by atoms with E-state index in [9.17, 15) is 4.79 Å². The van der Waals surface area contributed by atoms with Gasteiger partial charge in [0.1, 0.15) is 11.5 Å². The molecule has 0 spiro atoms. The summed E-state index contributed by atoms with van der Waals surface area (Å²) < 4.78 is 0. The molecule has 1 atom stereocenters. The van der Waals surface area contributed by atoms with E-state index in [4.69, 9.17) is 5.11 Å². The average Bonchev–Trinajstić information content (AvgIpc) is 2.90. The summed E-state index contributed by atoms with van der Waals surface area (Å²) in [5.74, 6) is 0.620. The highest BCUT2D eigenvalue weighted by atomic mass is 16.3. The number of aliphatic hydroxyl groups excluding tert-OH is 1. The highest BCUT2D eigenvalue weighted by Gasteiger charge is 2.15. The SMILES string of the molecule is CC(O)CNC(=O)c1cccc(N2CCCC2)n1. The molecule has 5 nitrogen and oxygen atoms in total. The van der Waals surface area contributed by atoms with Crippen LogP contribution in [0.1, 0.15) is 30.3 Å². The summed E-state index contributed by atoms with van der Waals surface area (Å²) in [6, 6.07) is 5.46. The summed E-state index contributed by atoms with van der Waals surface area (Å²) in [5, 5.41) is 11.8. The first-order chi connectivity index (χ1) is 8.66. The fourth-order valence-electron chi connectivity index (χ4n) is 2.00. The standard InChI is InChI=1S/C13H19N3O2/c1-10(17)9-14-13(18)11-5-4-6-12(15-11)16-7-2-3-8-16/h4-6,10,17H,2-3,7-9H2,1H3,(H,14,18). The zero-order chi connectivity index (χ0) is 13.0. The first kappa shape index (κ1) is 12.8. The second-order valence-corrected chi connectivity index (χ2v) is 4.63. The minimum atomic E-state index is -0.546. The fraction of sp³-hybridized carbons (Fsp3) is 0.538. The zero-order valence-corrected chi connectivity index (χ0v) is 10.6. The number of aliphatic hydroxyl groups is 1. The Hall–Kier alpha value is -1.62. The van der Waals surface area contributed by atoms with E-state index in [1.165, 1.54) is 12.8 Å². The first-order valence-corrected chi connectivity index (χ1v) is 6.35. The van der Waals surface area contributed by atoms with Gasteiger partial charge in [0.25, 0.3) is 5.91 Å². The average molecular weight is 249 g/mol. The Morgan fingerprint density at radius 2 is 2.22 bits per heavy atom. The van der Waals surface area contributed by atoms with Gasteiger partial charge in [-0.2, -0.15) is 0 Å². The second-order valence-electron chi connectivity index (χ2n) is 4.63. The van der Waals surface area contributed by atoms with Gasteiger partial charge >= 0.3 is 0 Å². The van der Waals surface area contributed by atoms with Crippen LogP contribution in [0, 0.1) is 0 Å². The molecule has 98 valence electrons. The quantitative estimate of drug-likeness (QED) is 0.828. The Morgan fingerprint density at radius 3 is 2.89 bits per heavy atom. The Bertz CT molecular complexity index is 414. The molecule has 1 unspecified atom stereocenters. The smallest absolute Gasteiger partial charge is 0.270 e. The van der Waals surface area contributed by atoms with E-state index in [0.717, 1.165) is 18.9 Å². The van der Waals surface area contributed by atoms with Crippen molar-refractivity contribution in [1.29, 1.82) is 0 Å². The van der Waals surface area contributed by atoms with Crippen molar-refractivity contribution in [3.8, 4) is 0 Å². The molecule has 2 N–H and O–H groups in total. The Labute approximate surface area is 107 Å². The number of amides is 1. The van der Waals surface area contributed by atoms with E-state index in [-0.39, 0.29) is 12.5 Å². The van der Waals surface area contributed by atoms with Crippen LogP contribution in [-0.4, -0.2) is 41.7 Å². The maximum atomic E-state index is 11.8. The van der Waals surface area contributed by atoms with Crippen LogP contribution in [0.5, 0.6) is 0 Å². The van der Waals surface area contributed by atoms with Gasteiger partial charge in [-0.05, 0) is 31.9 Å². The molecule has 1 fully saturated rings. The molecule has 1 saturated heterocycles. The summed E-state index contributed by atoms with van der Waals surface area (Å²) in [6.45, 7) is 3.89. The molecule has 0 aliphatic carbocycles. The van der Waals surface area contributed by atoms with Gasteiger partial charge in [0, 0.05) is 19.6 Å². The van der Waals surface area contributed by atoms with E-state index in [0.29, 0.717) is 5.69 Å². The van der Waals surface area contributed by atoms with Crippen LogP contribution in [0.4, 0.5) is 5.82 Å². The molecule has 5 heteroatoms. The highest BCUT2D eigenvalue weighted by molar-refractivity contribution is 5.92. The van der Waals surface area contributed by atoms with Crippen LogP contribution < -0.4 is 10.2 Å². The van der Waals surface area contributed by atoms with Gasteiger partial charge in [-0.3, -0.25) is 4.79 Å². The Morgan fingerprint density at radius 1 is 1.50 bits per heavy atom. The molecule has 0 bridgehead atoms. The number of aromatic nitrogens is 1. The summed E-state index contributed by atoms with van der Waals surface area (Å²) in [5.41, 5.74) is 0.403. The van der Waals surface area contributed by atoms with Crippen LogP contribution in [-0.2, 0) is 0 Å². The van der Waals surface area contributed by atoms with Crippen molar-refractivity contribution in [2.24, 2.45) is 0 Å². The van der Waals surface area contributed by atoms with Gasteiger partial charge in [0.05, 0.1) is 6.10 Å². The zero-order valence-electron chi connectivity index (χ0n) is 10.6. The largest absolute Gasteiger partial charge is 0.392 e. The number of carbonyl (C=O) groups excluding carboxylic acids is 1. The molecule has 1 aromatic rings. The van der Waals surface area contributed by atoms with E-state index < -0.39 is 6.10 Å². The number of hydrogen-bond donors (Lipinski definition) is 2. The van der Waals surface area contributed by atoms with Gasteiger partial charge in [0.2, 0.25) is 0 Å². The van der Waals surface area contributed by atoms with Gasteiger partial charge < -0.3 is 15.3 Å². The van der Waals surface area contributed by atoms with E-state index in [1.54, 1.807) is 13.0 Å². The molecule has 2 rings (SSSR count). The van der Waals surface area contributed by atoms with Crippen molar-refractivity contribution in [3.05, 3.63) is 23.9 Å². The number of hydrogen-bond acceptors (Lipinski definition) is 4. The predicted molar refractivity (Wildman–Crippen MR) is 69.7 cm³/mol. The fourth-order valence-corrected chi connectivity index (χ4v) is 2.00. The molecule has 1 amide bonds. The summed E-state index contributed by atoms with van der Waals surface area (Å²) in [7, 11) is 0. The summed E-state index contributed by atoms with van der Waals surface area (Å²) in [6.07, 6.45) is 1.82. The van der Waals surface area contributed by atoms with E-state index in [2.05, 4.69) is 15.2 Å². The van der Waals surface area contributed by atoms with E-state index in [1.807, 2.05) is 12.1 Å². The lowest BCUT2D eigenvalue weighted by Gasteiger charge is -2.16. The molecule has 1 aliphatic heterocycles. The van der Waals surface area contributed by atoms with Crippen molar-refractivity contribution >= 4 is 11.7 Å². The monoisotopic (exact) mass is 249 g/mol. The lowest BCUT2D eigenvalue weighted by Crippen LogP contribution is -2.31. The highest BCUT2D eigenvalue weighted by Crippen LogP contribution is 2.17. The molecule has 18 heavy (non-hydrogen) atoms. The lowest BCUT2D eigenvalue weighted by molar-refractivity contribution is 0.0919. The summed E-state index contributed by atoms with van der Waals surface area (Å²) >= 11 is 0. The number of nitrogens with one attached hydrogen (secondary N) is 1. The van der Waals surface area contributed by atoms with Gasteiger partial charge in [-0.15, -0.1) is 0 Å². The normalized spacial score (nSPS) is 16.7. The van der Waals surface area contributed by atoms with Crippen LogP contribution >= 0.6 is 0 Å². The molecular formula is C13H19N3O2. The summed E-state index contributed by atoms with van der Waals surface area (Å²) in [4.78, 5) is 18.4. The number of pyridine rings is 1. The van der Waals surface area contributed by atoms with Crippen LogP contribution in [0.15, 0.2) is 18.2 Å². The minimum absolute atomic E-state index is 0.239. The van der Waals surface area contributed by atoms with Crippen LogP contribution in [0.3, 0.4) is 0 Å². The maximum Gasteiger partial charge on any atom is 0.270 e. The third-order valence-corrected chi connectivity index (χ3v) is 2.96. The van der Waals surface area contributed by atoms with Gasteiger partial charge in [0.15, 0.2) is 0 Å². The van der Waals surface area contributed by atoms with Crippen molar-refractivity contribution in [3.63, 3.8) is 0 Å². The van der Waals surface area contributed by atoms with Crippen molar-refractivity contribution < 1.29 is 9.90 Å². The number of nitrogens with zero attached hydrogens (tertiary/aromatic N) is 2. The number of anilines is 1. The molecule has 0 radical (unpaired) electrons. The topological polar surface area (TPSA) is 65.5 Å². The van der Waals surface area contributed by atoms with Crippen molar-refractivity contribution in [1.82, 2.24) is 10.3 Å². The van der Waals surface area contributed by atoms with Crippen molar-refractivity contribution in [2.75, 3.05) is 24.5 Å². The number of rotatable bonds is 4. The number of carbonyl (C=O) groups is 1. The predicted octanol–water partition coefficient (Wildman–Crippen LogP) is 0.792. The maximum absolute atomic E-state index is 11.8. The Kier molecular flexibility index (Phi) is 4.15. The van der Waals surface area contributed by atoms with Gasteiger partial charge in [-0.1, -0.05) is 6.07 Å².